The zero-order valence-corrected chi connectivity index (χ0v) is 13.0. The summed E-state index contributed by atoms with van der Waals surface area (Å²) >= 11 is 0. The Kier molecular flexibility index (Phi) is 4.73. The third-order valence-electron chi connectivity index (χ3n) is 3.96. The molecule has 0 aliphatic carbocycles. The molecule has 1 aromatic heterocycles. The molecule has 5 heteroatoms. The number of rotatable bonds is 6. The van der Waals surface area contributed by atoms with Gasteiger partial charge in [0.2, 0.25) is 0 Å². The van der Waals surface area contributed by atoms with Gasteiger partial charge in [-0.25, -0.2) is 9.97 Å². The molecule has 1 saturated heterocycles. The first kappa shape index (κ1) is 14.6. The van der Waals surface area contributed by atoms with Gasteiger partial charge in [0.25, 0.3) is 0 Å². The lowest BCUT2D eigenvalue weighted by molar-refractivity contribution is 0.414. The minimum absolute atomic E-state index is 0.850. The lowest BCUT2D eigenvalue weighted by atomic mass is 10.1. The summed E-state index contributed by atoms with van der Waals surface area (Å²) in [5.74, 6) is 2.81. The molecule has 2 heterocycles. The minimum atomic E-state index is 0.850. The van der Waals surface area contributed by atoms with Crippen LogP contribution < -0.4 is 15.0 Å². The third kappa shape index (κ3) is 3.67. The van der Waals surface area contributed by atoms with Gasteiger partial charge in [-0.05, 0) is 37.0 Å². The Morgan fingerprint density at radius 1 is 1.14 bits per heavy atom. The molecule has 116 valence electrons. The second-order valence-corrected chi connectivity index (χ2v) is 5.48. The number of anilines is 2. The fourth-order valence-electron chi connectivity index (χ4n) is 2.69. The van der Waals surface area contributed by atoms with Crippen LogP contribution in [0.2, 0.25) is 0 Å². The molecule has 0 amide bonds. The van der Waals surface area contributed by atoms with Crippen LogP contribution in [0.15, 0.2) is 36.7 Å². The van der Waals surface area contributed by atoms with Gasteiger partial charge in [-0.15, -0.1) is 0 Å². The number of benzene rings is 1. The summed E-state index contributed by atoms with van der Waals surface area (Å²) in [6.45, 7) is 3.05. The second-order valence-electron chi connectivity index (χ2n) is 5.48. The van der Waals surface area contributed by atoms with Gasteiger partial charge in [-0.2, -0.15) is 0 Å². The molecule has 0 radical (unpaired) electrons. The smallest absolute Gasteiger partial charge is 0.134 e. The molecule has 1 aliphatic heterocycles. The van der Waals surface area contributed by atoms with Gasteiger partial charge in [-0.3, -0.25) is 0 Å². The van der Waals surface area contributed by atoms with Crippen LogP contribution in [0.5, 0.6) is 5.75 Å². The Morgan fingerprint density at radius 3 is 2.64 bits per heavy atom. The Hall–Kier alpha value is -2.30. The predicted molar refractivity (Wildman–Crippen MR) is 88.7 cm³/mol. The number of methoxy groups -OCH3 is 1. The summed E-state index contributed by atoms with van der Waals surface area (Å²) in [5.41, 5.74) is 1.28. The SMILES string of the molecule is COc1ccc(CCNc2cc(N3CCCC3)ncn2)cc1. The van der Waals surface area contributed by atoms with Crippen LogP contribution in [0.3, 0.4) is 0 Å². The van der Waals surface area contributed by atoms with Crippen molar-refractivity contribution in [1.82, 2.24) is 9.97 Å². The van der Waals surface area contributed by atoms with Crippen molar-refractivity contribution in [3.05, 3.63) is 42.2 Å². The summed E-state index contributed by atoms with van der Waals surface area (Å²) in [5, 5.41) is 3.38. The van der Waals surface area contributed by atoms with Gasteiger partial charge >= 0.3 is 0 Å². The van der Waals surface area contributed by atoms with Gasteiger partial charge in [-0.1, -0.05) is 12.1 Å². The van der Waals surface area contributed by atoms with Gasteiger partial charge in [0.15, 0.2) is 0 Å². The van der Waals surface area contributed by atoms with Gasteiger partial charge in [0, 0.05) is 25.7 Å². The first-order valence-electron chi connectivity index (χ1n) is 7.79. The zero-order chi connectivity index (χ0) is 15.2. The largest absolute Gasteiger partial charge is 0.497 e. The zero-order valence-electron chi connectivity index (χ0n) is 13.0. The first-order chi connectivity index (χ1) is 10.8. The van der Waals surface area contributed by atoms with Crippen molar-refractivity contribution in [3.63, 3.8) is 0 Å². The van der Waals surface area contributed by atoms with E-state index in [0.29, 0.717) is 0 Å². The number of hydrogen-bond donors (Lipinski definition) is 1. The van der Waals surface area contributed by atoms with E-state index >= 15 is 0 Å². The number of hydrogen-bond acceptors (Lipinski definition) is 5. The molecular weight excluding hydrogens is 276 g/mol. The van der Waals surface area contributed by atoms with E-state index in [-0.39, 0.29) is 0 Å². The highest BCUT2D eigenvalue weighted by Gasteiger charge is 2.13. The first-order valence-corrected chi connectivity index (χ1v) is 7.79. The monoisotopic (exact) mass is 298 g/mol. The van der Waals surface area contributed by atoms with E-state index in [2.05, 4.69) is 32.3 Å². The van der Waals surface area contributed by atoms with Crippen molar-refractivity contribution < 1.29 is 4.74 Å². The van der Waals surface area contributed by atoms with E-state index in [1.807, 2.05) is 18.2 Å². The van der Waals surface area contributed by atoms with Gasteiger partial charge < -0.3 is 15.0 Å². The number of nitrogens with zero attached hydrogens (tertiary/aromatic N) is 3. The Bertz CT molecular complexity index is 594. The Balaban J connectivity index is 1.53. The topological polar surface area (TPSA) is 50.3 Å². The van der Waals surface area contributed by atoms with Crippen molar-refractivity contribution in [2.24, 2.45) is 0 Å². The highest BCUT2D eigenvalue weighted by Crippen LogP contribution is 2.19. The van der Waals surface area contributed by atoms with Crippen molar-refractivity contribution in [2.75, 3.05) is 37.0 Å². The predicted octanol–water partition coefficient (Wildman–Crippen LogP) is 2.74. The third-order valence-corrected chi connectivity index (χ3v) is 3.96. The summed E-state index contributed by atoms with van der Waals surface area (Å²) in [6, 6.07) is 10.2. The fraction of sp³-hybridized carbons (Fsp3) is 0.412. The summed E-state index contributed by atoms with van der Waals surface area (Å²) in [7, 11) is 1.68. The maximum absolute atomic E-state index is 5.17. The van der Waals surface area contributed by atoms with E-state index in [4.69, 9.17) is 4.74 Å². The molecular formula is C17H22N4O. The number of ether oxygens (including phenoxy) is 1. The highest BCUT2D eigenvalue weighted by atomic mass is 16.5. The van der Waals surface area contributed by atoms with Crippen LogP contribution in [-0.2, 0) is 6.42 Å². The molecule has 5 nitrogen and oxygen atoms in total. The van der Waals surface area contributed by atoms with Crippen molar-refractivity contribution in [1.29, 1.82) is 0 Å². The van der Waals surface area contributed by atoms with E-state index in [0.717, 1.165) is 43.4 Å². The molecule has 1 aliphatic rings. The fourth-order valence-corrected chi connectivity index (χ4v) is 2.69. The molecule has 2 aromatic rings. The van der Waals surface area contributed by atoms with E-state index in [9.17, 15) is 0 Å². The maximum atomic E-state index is 5.17. The second kappa shape index (κ2) is 7.11. The van der Waals surface area contributed by atoms with Crippen molar-refractivity contribution >= 4 is 11.6 Å². The molecule has 1 N–H and O–H groups in total. The summed E-state index contributed by atoms with van der Waals surface area (Å²) < 4.78 is 5.17. The standard InChI is InChI=1S/C17H22N4O/c1-22-15-6-4-14(5-7-15)8-9-18-16-12-17(20-13-19-16)21-10-2-3-11-21/h4-7,12-13H,2-3,8-11H2,1H3,(H,18,19,20). The molecule has 1 aromatic carbocycles. The summed E-state index contributed by atoms with van der Waals surface area (Å²) in [6.07, 6.45) is 5.10. The Labute approximate surface area is 131 Å². The number of aromatic nitrogens is 2. The van der Waals surface area contributed by atoms with Crippen LogP contribution in [0.1, 0.15) is 18.4 Å². The average Bonchev–Trinajstić information content (AvgIpc) is 3.10. The average molecular weight is 298 g/mol. The molecule has 0 bridgehead atoms. The quantitative estimate of drug-likeness (QED) is 0.888. The lowest BCUT2D eigenvalue weighted by Gasteiger charge is -2.16. The molecule has 1 fully saturated rings. The summed E-state index contributed by atoms with van der Waals surface area (Å²) in [4.78, 5) is 11.0. The van der Waals surface area contributed by atoms with Crippen LogP contribution in [0, 0.1) is 0 Å². The lowest BCUT2D eigenvalue weighted by Crippen LogP contribution is -2.19. The molecule has 0 spiro atoms. The van der Waals surface area contributed by atoms with Crippen LogP contribution in [0.4, 0.5) is 11.6 Å². The minimum Gasteiger partial charge on any atom is -0.497 e. The van der Waals surface area contributed by atoms with Crippen LogP contribution in [-0.4, -0.2) is 36.7 Å². The Morgan fingerprint density at radius 2 is 1.91 bits per heavy atom. The molecule has 0 unspecified atom stereocenters. The molecule has 3 rings (SSSR count). The van der Waals surface area contributed by atoms with Crippen LogP contribution >= 0.6 is 0 Å². The highest BCUT2D eigenvalue weighted by molar-refractivity contribution is 5.49. The normalized spacial score (nSPS) is 14.1. The van der Waals surface area contributed by atoms with Crippen LogP contribution in [0.25, 0.3) is 0 Å². The van der Waals surface area contributed by atoms with E-state index < -0.39 is 0 Å². The molecule has 22 heavy (non-hydrogen) atoms. The van der Waals surface area contributed by atoms with Gasteiger partial charge in [0.1, 0.15) is 23.7 Å². The molecule has 0 saturated carbocycles. The van der Waals surface area contributed by atoms with Crippen molar-refractivity contribution in [3.8, 4) is 5.75 Å². The molecule has 0 atom stereocenters. The maximum Gasteiger partial charge on any atom is 0.134 e. The van der Waals surface area contributed by atoms with Crippen molar-refractivity contribution in [2.45, 2.75) is 19.3 Å². The van der Waals surface area contributed by atoms with Gasteiger partial charge in [0.05, 0.1) is 7.11 Å². The number of nitrogens with one attached hydrogen (secondary N) is 1. The van der Waals surface area contributed by atoms with E-state index in [1.165, 1.54) is 18.4 Å². The van der Waals surface area contributed by atoms with E-state index in [1.54, 1.807) is 13.4 Å².